The second-order valence-electron chi connectivity index (χ2n) is 8.03. The molecular weight excluding hydrogens is 391 g/mol. The lowest BCUT2D eigenvalue weighted by atomic mass is 10.1. The molecule has 0 bridgehead atoms. The molecule has 0 spiro atoms. The van der Waals surface area contributed by atoms with Crippen molar-refractivity contribution >= 4 is 7.82 Å². The first-order valence-corrected chi connectivity index (χ1v) is 11.4. The molecule has 2 heterocycles. The number of ether oxygens (including phenoxy) is 4. The van der Waals surface area contributed by atoms with E-state index in [1.54, 1.807) is 6.92 Å². The highest BCUT2D eigenvalue weighted by Crippen LogP contribution is 2.48. The van der Waals surface area contributed by atoms with Gasteiger partial charge in [0.25, 0.3) is 0 Å². The topological polar surface area (TPSA) is 113 Å². The minimum absolute atomic E-state index is 0.00701. The molecule has 2 aliphatic rings. The zero-order chi connectivity index (χ0) is 21.1. The highest BCUT2D eigenvalue weighted by molar-refractivity contribution is 7.47. The van der Waals surface area contributed by atoms with Gasteiger partial charge in [-0.15, -0.1) is 0 Å². The van der Waals surface area contributed by atoms with Gasteiger partial charge in [0.1, 0.15) is 24.4 Å². The van der Waals surface area contributed by atoms with Crippen LogP contribution in [-0.2, 0) is 32.6 Å². The second-order valence-corrected chi connectivity index (χ2v) is 9.44. The number of rotatable bonds is 10. The quantitative estimate of drug-likeness (QED) is 0.507. The Morgan fingerprint density at radius 2 is 1.75 bits per heavy atom. The molecule has 9 nitrogen and oxygen atoms in total. The third-order valence-corrected chi connectivity index (χ3v) is 5.64. The van der Waals surface area contributed by atoms with Gasteiger partial charge in [0.2, 0.25) is 0 Å². The standard InChI is InChI=1S/C18H35O9P/c1-10(2)22-8-16-18(17(19)13(6)26-16)27-28(20,21)23-9-15-14(24-11(3)4)7-12(5)25-15/h10-19H,7-9H2,1-6H3,(H,20,21)/t12-,13-,14?,15+,16+,17?,18-/m0/s1. The minimum Gasteiger partial charge on any atom is -0.388 e. The van der Waals surface area contributed by atoms with E-state index >= 15 is 0 Å². The van der Waals surface area contributed by atoms with Crippen LogP contribution < -0.4 is 0 Å². The summed E-state index contributed by atoms with van der Waals surface area (Å²) in [7, 11) is -4.45. The van der Waals surface area contributed by atoms with E-state index in [9.17, 15) is 14.6 Å². The number of phosphoric ester groups is 1. The van der Waals surface area contributed by atoms with E-state index in [1.807, 2.05) is 34.6 Å². The predicted molar refractivity (Wildman–Crippen MR) is 101 cm³/mol. The van der Waals surface area contributed by atoms with E-state index in [0.29, 0.717) is 6.42 Å². The Labute approximate surface area is 167 Å². The van der Waals surface area contributed by atoms with Crippen molar-refractivity contribution in [1.82, 2.24) is 0 Å². The van der Waals surface area contributed by atoms with E-state index in [2.05, 4.69) is 0 Å². The van der Waals surface area contributed by atoms with Crippen molar-refractivity contribution in [2.24, 2.45) is 0 Å². The van der Waals surface area contributed by atoms with Gasteiger partial charge in [-0.3, -0.25) is 9.05 Å². The van der Waals surface area contributed by atoms with Gasteiger partial charge >= 0.3 is 7.82 Å². The van der Waals surface area contributed by atoms with Gasteiger partial charge in [0.15, 0.2) is 0 Å². The van der Waals surface area contributed by atoms with Gasteiger partial charge in [0, 0.05) is 6.42 Å². The maximum atomic E-state index is 12.5. The Balaban J connectivity index is 1.93. The van der Waals surface area contributed by atoms with Crippen LogP contribution in [0.1, 0.15) is 48.0 Å². The molecule has 3 unspecified atom stereocenters. The number of phosphoric acid groups is 1. The summed E-state index contributed by atoms with van der Waals surface area (Å²) >= 11 is 0. The Bertz CT molecular complexity index is 529. The van der Waals surface area contributed by atoms with E-state index < -0.39 is 38.3 Å². The van der Waals surface area contributed by atoms with Crippen LogP contribution in [0.5, 0.6) is 0 Å². The molecule has 0 amide bonds. The zero-order valence-electron chi connectivity index (χ0n) is 17.5. The average molecular weight is 426 g/mol. The van der Waals surface area contributed by atoms with Crippen LogP contribution in [0.2, 0.25) is 0 Å². The fourth-order valence-corrected chi connectivity index (χ4v) is 4.35. The molecule has 0 aromatic rings. The minimum atomic E-state index is -4.45. The van der Waals surface area contributed by atoms with Crippen molar-refractivity contribution in [3.05, 3.63) is 0 Å². The summed E-state index contributed by atoms with van der Waals surface area (Å²) in [5.74, 6) is 0. The van der Waals surface area contributed by atoms with Gasteiger partial charge in [-0.05, 0) is 41.5 Å². The number of hydrogen-bond acceptors (Lipinski definition) is 8. The van der Waals surface area contributed by atoms with Crippen molar-refractivity contribution in [2.75, 3.05) is 13.2 Å². The lowest BCUT2D eigenvalue weighted by molar-refractivity contribution is -0.0712. The summed E-state index contributed by atoms with van der Waals surface area (Å²) < 4.78 is 45.6. The molecule has 2 fully saturated rings. The van der Waals surface area contributed by atoms with Crippen molar-refractivity contribution < 1.29 is 42.6 Å². The summed E-state index contributed by atoms with van der Waals surface area (Å²) in [4.78, 5) is 10.2. The SMILES string of the molecule is CC(C)OC[C@H]1O[C@@H](C)C(O)[C@H]1OP(=O)(O)OC[C@H]1O[C@@H](C)CC1OC(C)C. The maximum absolute atomic E-state index is 12.5. The van der Waals surface area contributed by atoms with Gasteiger partial charge in [-0.1, -0.05) is 0 Å². The van der Waals surface area contributed by atoms with Gasteiger partial charge in [-0.25, -0.2) is 4.57 Å². The van der Waals surface area contributed by atoms with Crippen LogP contribution in [0.25, 0.3) is 0 Å². The van der Waals surface area contributed by atoms with Crippen molar-refractivity contribution in [2.45, 2.75) is 103 Å². The van der Waals surface area contributed by atoms with Crippen LogP contribution >= 0.6 is 7.82 Å². The Morgan fingerprint density at radius 3 is 2.36 bits per heavy atom. The Morgan fingerprint density at radius 1 is 1.07 bits per heavy atom. The maximum Gasteiger partial charge on any atom is 0.472 e. The highest BCUT2D eigenvalue weighted by atomic mass is 31.2. The smallest absolute Gasteiger partial charge is 0.388 e. The monoisotopic (exact) mass is 426 g/mol. The zero-order valence-corrected chi connectivity index (χ0v) is 18.4. The summed E-state index contributed by atoms with van der Waals surface area (Å²) in [6.07, 6.45) is -3.39. The highest BCUT2D eigenvalue weighted by Gasteiger charge is 2.47. The molecule has 2 rings (SSSR count). The van der Waals surface area contributed by atoms with Crippen LogP contribution in [0.15, 0.2) is 0 Å². The molecule has 28 heavy (non-hydrogen) atoms. The van der Waals surface area contributed by atoms with Crippen LogP contribution in [0.3, 0.4) is 0 Å². The second kappa shape index (κ2) is 10.3. The van der Waals surface area contributed by atoms with E-state index in [4.69, 9.17) is 28.0 Å². The molecular formula is C18H35O9P. The molecule has 10 heteroatoms. The first kappa shape index (κ1) is 24.2. The Hall–Kier alpha value is -0.0900. The molecule has 2 aliphatic heterocycles. The molecule has 0 aromatic carbocycles. The third kappa shape index (κ3) is 7.00. The molecule has 0 radical (unpaired) electrons. The molecule has 166 valence electrons. The Kier molecular flexibility index (Phi) is 8.88. The fourth-order valence-electron chi connectivity index (χ4n) is 3.38. The molecule has 2 N–H and O–H groups in total. The molecule has 2 saturated heterocycles. The summed E-state index contributed by atoms with van der Waals surface area (Å²) in [6.45, 7) is 11.1. The summed E-state index contributed by atoms with van der Waals surface area (Å²) in [6, 6.07) is 0. The predicted octanol–water partition coefficient (Wildman–Crippen LogP) is 2.03. The van der Waals surface area contributed by atoms with Crippen LogP contribution in [-0.4, -0.2) is 78.1 Å². The normalized spacial score (nSPS) is 38.4. The average Bonchev–Trinajstić information content (AvgIpc) is 3.04. The molecule has 0 aromatic heterocycles. The van der Waals surface area contributed by atoms with E-state index in [1.165, 1.54) is 0 Å². The van der Waals surface area contributed by atoms with E-state index in [0.717, 1.165) is 0 Å². The van der Waals surface area contributed by atoms with Crippen LogP contribution in [0.4, 0.5) is 0 Å². The van der Waals surface area contributed by atoms with Crippen LogP contribution in [0, 0.1) is 0 Å². The summed E-state index contributed by atoms with van der Waals surface area (Å²) in [5, 5.41) is 10.3. The van der Waals surface area contributed by atoms with Gasteiger partial charge in [-0.2, -0.15) is 0 Å². The number of aliphatic hydroxyl groups is 1. The molecule has 8 atom stereocenters. The lowest BCUT2D eigenvalue weighted by Gasteiger charge is -2.25. The van der Waals surface area contributed by atoms with Gasteiger partial charge in [0.05, 0.1) is 43.7 Å². The van der Waals surface area contributed by atoms with Crippen molar-refractivity contribution in [3.63, 3.8) is 0 Å². The summed E-state index contributed by atoms with van der Waals surface area (Å²) in [5.41, 5.74) is 0. The van der Waals surface area contributed by atoms with Crippen molar-refractivity contribution in [1.29, 1.82) is 0 Å². The largest absolute Gasteiger partial charge is 0.472 e. The fraction of sp³-hybridized carbons (Fsp3) is 1.00. The van der Waals surface area contributed by atoms with Crippen molar-refractivity contribution in [3.8, 4) is 0 Å². The number of hydrogen-bond donors (Lipinski definition) is 2. The number of aliphatic hydroxyl groups excluding tert-OH is 1. The molecule has 0 saturated carbocycles. The molecule has 0 aliphatic carbocycles. The van der Waals surface area contributed by atoms with Gasteiger partial charge < -0.3 is 28.9 Å². The third-order valence-electron chi connectivity index (χ3n) is 4.66. The lowest BCUT2D eigenvalue weighted by Crippen LogP contribution is -2.37. The first-order chi connectivity index (χ1) is 13.0. The van der Waals surface area contributed by atoms with E-state index in [-0.39, 0.29) is 37.6 Å². The first-order valence-electron chi connectivity index (χ1n) is 9.90.